The van der Waals surface area contributed by atoms with Gasteiger partial charge < -0.3 is 9.84 Å². The second-order valence-electron chi connectivity index (χ2n) is 7.99. The van der Waals surface area contributed by atoms with Gasteiger partial charge in [0.1, 0.15) is 18.0 Å². The van der Waals surface area contributed by atoms with Crippen molar-refractivity contribution in [1.29, 1.82) is 0 Å². The number of ether oxygens (including phenoxy) is 1. The molecule has 1 aromatic heterocycles. The molecule has 0 fully saturated rings. The molecule has 0 aliphatic heterocycles. The van der Waals surface area contributed by atoms with Crippen LogP contribution in [0.3, 0.4) is 0 Å². The molecule has 0 radical (unpaired) electrons. The first kappa shape index (κ1) is 25.6. The number of nitrogens with zero attached hydrogens (tertiary/aromatic N) is 1. The molecule has 0 amide bonds. The number of rotatable bonds is 9. The van der Waals surface area contributed by atoms with Crippen LogP contribution in [0, 0.1) is 18.3 Å². The summed E-state index contributed by atoms with van der Waals surface area (Å²) in [7, 11) is -1.18. The van der Waals surface area contributed by atoms with E-state index in [4.69, 9.17) is 15.9 Å². The summed E-state index contributed by atoms with van der Waals surface area (Å²) in [6.07, 6.45) is 4.88. The largest absolute Gasteiger partial charge is 0.518 e. The van der Waals surface area contributed by atoms with Crippen LogP contribution in [0.5, 0.6) is 0 Å². The Balaban J connectivity index is 2.82. The lowest BCUT2D eigenvalue weighted by molar-refractivity contribution is -0.139. The van der Waals surface area contributed by atoms with Gasteiger partial charge in [0.15, 0.2) is 0 Å². The molecule has 8 heteroatoms. The van der Waals surface area contributed by atoms with Crippen molar-refractivity contribution in [2.24, 2.45) is 0 Å². The predicted octanol–water partition coefficient (Wildman–Crippen LogP) is 5.45. The molecule has 1 heterocycles. The summed E-state index contributed by atoms with van der Waals surface area (Å²) in [5.41, 5.74) is 2.11. The number of halogens is 1. The van der Waals surface area contributed by atoms with Crippen LogP contribution in [-0.2, 0) is 18.6 Å². The minimum absolute atomic E-state index is 0.0888. The van der Waals surface area contributed by atoms with Gasteiger partial charge in [0.25, 0.3) is 0 Å². The van der Waals surface area contributed by atoms with Gasteiger partial charge in [-0.3, -0.25) is 9.78 Å². The lowest BCUT2D eigenvalue weighted by Crippen LogP contribution is -2.23. The van der Waals surface area contributed by atoms with E-state index in [1.165, 1.54) is 19.2 Å². The molecule has 0 bridgehead atoms. The Morgan fingerprint density at radius 1 is 1.22 bits per heavy atom. The predicted molar refractivity (Wildman–Crippen MR) is 121 cm³/mol. The van der Waals surface area contributed by atoms with E-state index in [1.54, 1.807) is 18.2 Å². The van der Waals surface area contributed by atoms with Crippen molar-refractivity contribution in [3.8, 4) is 23.7 Å². The third-order valence-electron chi connectivity index (χ3n) is 5.02. The van der Waals surface area contributed by atoms with Gasteiger partial charge in [-0.05, 0) is 45.7 Å². The van der Waals surface area contributed by atoms with Crippen molar-refractivity contribution in [3.05, 3.63) is 53.1 Å². The van der Waals surface area contributed by atoms with Crippen molar-refractivity contribution in [3.63, 3.8) is 0 Å². The van der Waals surface area contributed by atoms with Crippen LogP contribution >= 0.6 is 8.03 Å². The highest BCUT2D eigenvalue weighted by molar-refractivity contribution is 7.39. The molecule has 1 aromatic carbocycles. The van der Waals surface area contributed by atoms with E-state index in [0.29, 0.717) is 22.4 Å². The Hall–Kier alpha value is -2.65. The molecule has 0 spiro atoms. The summed E-state index contributed by atoms with van der Waals surface area (Å²) in [5, 5.41) is 10.9. The van der Waals surface area contributed by atoms with E-state index >= 15 is 0 Å². The SMILES string of the molecule is C#COC(=O)CC(O)C(c1c(-c2ccc(F)cc2)cc(C(C)C)nc1C(C)C)[P+](=O)OC. The second-order valence-corrected chi connectivity index (χ2v) is 9.48. The van der Waals surface area contributed by atoms with E-state index in [9.17, 15) is 18.9 Å². The first-order chi connectivity index (χ1) is 15.1. The molecular formula is C24H28FNO5P+. The molecule has 0 saturated carbocycles. The van der Waals surface area contributed by atoms with Crippen molar-refractivity contribution >= 4 is 14.0 Å². The molecular weight excluding hydrogens is 432 g/mol. The highest BCUT2D eigenvalue weighted by Gasteiger charge is 2.45. The maximum Gasteiger partial charge on any atom is 0.518 e. The number of aliphatic hydroxyl groups is 1. The highest BCUT2D eigenvalue weighted by atomic mass is 31.1. The summed E-state index contributed by atoms with van der Waals surface area (Å²) in [5.74, 6) is -1.23. The smallest absolute Gasteiger partial charge is 0.387 e. The second kappa shape index (κ2) is 11.3. The average Bonchev–Trinajstić information content (AvgIpc) is 2.74. The van der Waals surface area contributed by atoms with Crippen LogP contribution in [0.1, 0.15) is 68.6 Å². The molecule has 170 valence electrons. The molecule has 2 rings (SSSR count). The number of terminal acetylenes is 1. The number of carbonyl (C=O) groups is 1. The molecule has 0 saturated heterocycles. The van der Waals surface area contributed by atoms with Crippen LogP contribution in [0.2, 0.25) is 0 Å². The summed E-state index contributed by atoms with van der Waals surface area (Å²) in [6.45, 7) is 7.86. The Morgan fingerprint density at radius 3 is 2.34 bits per heavy atom. The van der Waals surface area contributed by atoms with Gasteiger partial charge in [-0.1, -0.05) is 46.3 Å². The lowest BCUT2D eigenvalue weighted by atomic mass is 9.88. The molecule has 3 atom stereocenters. The third-order valence-corrected chi connectivity index (χ3v) is 6.43. The van der Waals surface area contributed by atoms with Crippen molar-refractivity contribution < 1.29 is 28.1 Å². The minimum atomic E-state index is -2.45. The fraction of sp³-hybridized carbons (Fsp3) is 0.417. The number of carbonyl (C=O) groups excluding carboxylic acids is 1. The Labute approximate surface area is 189 Å². The van der Waals surface area contributed by atoms with Crippen LogP contribution in [-0.4, -0.2) is 29.3 Å². The average molecular weight is 460 g/mol. The number of hydrogen-bond acceptors (Lipinski definition) is 6. The van der Waals surface area contributed by atoms with Crippen molar-refractivity contribution in [2.45, 2.75) is 57.7 Å². The van der Waals surface area contributed by atoms with Gasteiger partial charge in [-0.2, -0.15) is 0 Å². The fourth-order valence-electron chi connectivity index (χ4n) is 3.45. The number of pyridine rings is 1. The van der Waals surface area contributed by atoms with Crippen LogP contribution in [0.15, 0.2) is 30.3 Å². The maximum absolute atomic E-state index is 13.6. The molecule has 3 unspecified atom stereocenters. The van der Waals surface area contributed by atoms with Crippen LogP contribution in [0.25, 0.3) is 11.1 Å². The van der Waals surface area contributed by atoms with E-state index < -0.39 is 38.0 Å². The van der Waals surface area contributed by atoms with Gasteiger partial charge in [0, 0.05) is 11.3 Å². The summed E-state index contributed by atoms with van der Waals surface area (Å²) in [4.78, 5) is 16.7. The van der Waals surface area contributed by atoms with Gasteiger partial charge in [0.2, 0.25) is 5.66 Å². The molecule has 1 N–H and O–H groups in total. The summed E-state index contributed by atoms with van der Waals surface area (Å²) in [6, 6.07) is 7.72. The first-order valence-electron chi connectivity index (χ1n) is 10.2. The maximum atomic E-state index is 13.6. The Bertz CT molecular complexity index is 1010. The quantitative estimate of drug-likeness (QED) is 0.304. The third kappa shape index (κ3) is 5.98. The van der Waals surface area contributed by atoms with E-state index in [2.05, 4.69) is 4.74 Å². The van der Waals surface area contributed by atoms with E-state index in [-0.39, 0.29) is 11.8 Å². The number of aliphatic hydroxyl groups excluding tert-OH is 1. The van der Waals surface area contributed by atoms with E-state index in [1.807, 2.05) is 33.8 Å². The number of benzene rings is 1. The Morgan fingerprint density at radius 2 is 1.84 bits per heavy atom. The molecule has 0 aliphatic carbocycles. The zero-order valence-corrected chi connectivity index (χ0v) is 19.7. The molecule has 32 heavy (non-hydrogen) atoms. The van der Waals surface area contributed by atoms with Gasteiger partial charge in [-0.25, -0.2) is 4.39 Å². The Kier molecular flexibility index (Phi) is 9.03. The zero-order valence-electron chi connectivity index (χ0n) is 18.8. The van der Waals surface area contributed by atoms with Crippen LogP contribution in [0.4, 0.5) is 4.39 Å². The minimum Gasteiger partial charge on any atom is -0.387 e. The standard InChI is InChI=1S/C24H28FNO5P/c1-7-31-21(28)13-20(27)24(32(29)30-6)22-18(16-8-10-17(25)11-9-16)12-19(14(2)3)26-23(22)15(4)5/h1,8-12,14-15,20,24,27H,13H2,2-6H3/q+1. The van der Waals surface area contributed by atoms with Crippen LogP contribution < -0.4 is 0 Å². The monoisotopic (exact) mass is 460 g/mol. The van der Waals surface area contributed by atoms with Gasteiger partial charge in [0.05, 0.1) is 19.2 Å². The fourth-order valence-corrected chi connectivity index (χ4v) is 4.55. The van der Waals surface area contributed by atoms with Crippen molar-refractivity contribution in [2.75, 3.05) is 7.11 Å². The zero-order chi connectivity index (χ0) is 24.0. The summed E-state index contributed by atoms with van der Waals surface area (Å²) >= 11 is 0. The topological polar surface area (TPSA) is 85.7 Å². The number of esters is 1. The normalized spacial score (nSPS) is 13.6. The highest BCUT2D eigenvalue weighted by Crippen LogP contribution is 2.50. The first-order valence-corrected chi connectivity index (χ1v) is 11.5. The molecule has 6 nitrogen and oxygen atoms in total. The van der Waals surface area contributed by atoms with Gasteiger partial charge >= 0.3 is 14.0 Å². The summed E-state index contributed by atoms with van der Waals surface area (Å²) < 4.78 is 36.3. The number of aromatic nitrogens is 1. The van der Waals surface area contributed by atoms with Gasteiger partial charge in [-0.15, -0.1) is 4.52 Å². The van der Waals surface area contributed by atoms with E-state index in [0.717, 1.165) is 5.69 Å². The molecule has 0 aliphatic rings. The van der Waals surface area contributed by atoms with Crippen molar-refractivity contribution in [1.82, 2.24) is 4.98 Å². The lowest BCUT2D eigenvalue weighted by Gasteiger charge is -2.23. The molecule has 2 aromatic rings. The number of hydrogen-bond donors (Lipinski definition) is 1.